The lowest BCUT2D eigenvalue weighted by molar-refractivity contribution is -0.159. The molecular formula is C31H28N6O6. The van der Waals surface area contributed by atoms with E-state index in [0.717, 1.165) is 5.56 Å². The maximum Gasteiger partial charge on any atom is 0.285 e. The van der Waals surface area contributed by atoms with Gasteiger partial charge >= 0.3 is 0 Å². The van der Waals surface area contributed by atoms with Gasteiger partial charge in [0.1, 0.15) is 12.4 Å². The number of benzene rings is 3. The molecule has 0 saturated carbocycles. The van der Waals surface area contributed by atoms with Crippen LogP contribution in [0.25, 0.3) is 11.2 Å². The van der Waals surface area contributed by atoms with Crippen molar-refractivity contribution in [3.8, 4) is 0 Å². The Bertz CT molecular complexity index is 1770. The Morgan fingerprint density at radius 1 is 1.00 bits per heavy atom. The van der Waals surface area contributed by atoms with Gasteiger partial charge in [-0.2, -0.15) is 4.98 Å². The average molecular weight is 581 g/mol. The monoisotopic (exact) mass is 580 g/mol. The third-order valence-corrected chi connectivity index (χ3v) is 7.27. The minimum absolute atomic E-state index is 0.0425. The van der Waals surface area contributed by atoms with Crippen molar-refractivity contribution in [2.75, 3.05) is 16.8 Å². The molecule has 3 atom stereocenters. The van der Waals surface area contributed by atoms with Crippen molar-refractivity contribution in [1.82, 2.24) is 19.5 Å². The van der Waals surface area contributed by atoms with Gasteiger partial charge in [0.25, 0.3) is 11.5 Å². The van der Waals surface area contributed by atoms with Gasteiger partial charge in [0.15, 0.2) is 11.2 Å². The lowest BCUT2D eigenvalue weighted by Crippen LogP contribution is -2.49. The van der Waals surface area contributed by atoms with E-state index < -0.39 is 41.9 Å². The molecule has 5 aromatic rings. The Morgan fingerprint density at radius 2 is 1.60 bits per heavy atom. The highest BCUT2D eigenvalue weighted by Gasteiger charge is 2.55. The molecule has 4 N–H and O–H groups in total. The number of hydrogen-bond donors (Lipinski definition) is 4. The first kappa shape index (κ1) is 28.0. The lowest BCUT2D eigenvalue weighted by atomic mass is 10.0. The molecule has 0 radical (unpaired) electrons. The van der Waals surface area contributed by atoms with Gasteiger partial charge in [-0.3, -0.25) is 34.2 Å². The topological polar surface area (TPSA) is 163 Å². The molecule has 3 aromatic carbocycles. The average Bonchev–Trinajstić information content (AvgIpc) is 3.60. The summed E-state index contributed by atoms with van der Waals surface area (Å²) in [5, 5.41) is 23.5. The fourth-order valence-electron chi connectivity index (χ4n) is 5.25. The highest BCUT2D eigenvalue weighted by molar-refractivity contribution is 6.05. The third kappa shape index (κ3) is 5.30. The molecule has 6 rings (SSSR count). The van der Waals surface area contributed by atoms with Crippen molar-refractivity contribution >= 4 is 40.3 Å². The van der Waals surface area contributed by atoms with Crippen molar-refractivity contribution in [1.29, 1.82) is 0 Å². The van der Waals surface area contributed by atoms with Gasteiger partial charge in [-0.05, 0) is 29.8 Å². The zero-order valence-corrected chi connectivity index (χ0v) is 22.8. The summed E-state index contributed by atoms with van der Waals surface area (Å²) in [6.45, 7) is -0.561. The number of carbonyl (C=O) groups is 2. The number of rotatable bonds is 8. The molecule has 0 aliphatic carbocycles. The van der Waals surface area contributed by atoms with Crippen LogP contribution in [0.15, 0.2) is 102 Å². The fourth-order valence-corrected chi connectivity index (χ4v) is 5.25. The van der Waals surface area contributed by atoms with Gasteiger partial charge in [0.05, 0.1) is 19.1 Å². The van der Waals surface area contributed by atoms with Crippen LogP contribution in [0.3, 0.4) is 0 Å². The number of para-hydroxylation sites is 2. The first-order valence-electron chi connectivity index (χ1n) is 13.6. The molecule has 1 fully saturated rings. The molecule has 3 heterocycles. The maximum atomic E-state index is 14.7. The summed E-state index contributed by atoms with van der Waals surface area (Å²) in [6.07, 6.45) is -1.33. The Morgan fingerprint density at radius 3 is 2.19 bits per heavy atom. The number of aromatic amines is 1. The van der Waals surface area contributed by atoms with Gasteiger partial charge in [0.2, 0.25) is 17.6 Å². The molecule has 12 nitrogen and oxygen atoms in total. The van der Waals surface area contributed by atoms with Crippen LogP contribution in [0.5, 0.6) is 0 Å². The number of anilines is 3. The van der Waals surface area contributed by atoms with E-state index in [-0.39, 0.29) is 30.0 Å². The molecule has 43 heavy (non-hydrogen) atoms. The molecule has 218 valence electrons. The molecule has 0 unspecified atom stereocenters. The van der Waals surface area contributed by atoms with E-state index in [9.17, 15) is 24.6 Å². The standard InChI is InChI=1S/C31H28N6O6/c38-18-24-23(39)17-31(43-24,29(42)37(21-12-6-2-7-13-21)22-14-8-3-9-15-22)36-19-32-26-27(36)34-30(35-28(26)41)33-25(40)16-20-10-4-1-5-11-20/h1-15,19,23-24,38-39H,16-18H2,(H2,33,34,35,40,41)/t23-,24+,31-/m0/s1. The molecule has 0 spiro atoms. The third-order valence-electron chi connectivity index (χ3n) is 7.27. The molecule has 2 amide bonds. The van der Waals surface area contributed by atoms with Gasteiger partial charge in [0, 0.05) is 17.8 Å². The molecule has 12 heteroatoms. The van der Waals surface area contributed by atoms with Crippen molar-refractivity contribution in [3.63, 3.8) is 0 Å². The van der Waals surface area contributed by atoms with E-state index in [0.29, 0.717) is 11.4 Å². The zero-order valence-electron chi connectivity index (χ0n) is 22.8. The summed E-state index contributed by atoms with van der Waals surface area (Å²) in [7, 11) is 0. The van der Waals surface area contributed by atoms with Crippen LogP contribution < -0.4 is 15.8 Å². The second kappa shape index (κ2) is 11.6. The van der Waals surface area contributed by atoms with Crippen molar-refractivity contribution < 1.29 is 24.5 Å². The number of carbonyl (C=O) groups excluding carboxylic acids is 2. The van der Waals surface area contributed by atoms with E-state index in [4.69, 9.17) is 4.74 Å². The van der Waals surface area contributed by atoms with Crippen LogP contribution in [0.1, 0.15) is 12.0 Å². The number of imidazole rings is 1. The number of aliphatic hydroxyl groups excluding tert-OH is 2. The Kier molecular flexibility index (Phi) is 7.55. The van der Waals surface area contributed by atoms with Gasteiger partial charge in [-0.25, -0.2) is 4.98 Å². The Hall–Kier alpha value is -5.17. The summed E-state index contributed by atoms with van der Waals surface area (Å²) < 4.78 is 7.46. The number of fused-ring (bicyclic) bond motifs is 1. The van der Waals surface area contributed by atoms with Crippen LogP contribution in [-0.4, -0.2) is 60.4 Å². The van der Waals surface area contributed by atoms with E-state index >= 15 is 0 Å². The Labute approximate surface area is 245 Å². The van der Waals surface area contributed by atoms with E-state index in [1.807, 2.05) is 30.3 Å². The molecule has 1 aliphatic rings. The van der Waals surface area contributed by atoms with Crippen LogP contribution in [0, 0.1) is 0 Å². The van der Waals surface area contributed by atoms with Crippen molar-refractivity contribution in [3.05, 3.63) is 113 Å². The number of nitrogens with zero attached hydrogens (tertiary/aromatic N) is 4. The van der Waals surface area contributed by atoms with Gasteiger partial charge < -0.3 is 14.9 Å². The van der Waals surface area contributed by atoms with Crippen LogP contribution in [0.4, 0.5) is 17.3 Å². The smallest absolute Gasteiger partial charge is 0.285 e. The van der Waals surface area contributed by atoms with Gasteiger partial charge in [-0.1, -0.05) is 66.7 Å². The predicted molar refractivity (Wildman–Crippen MR) is 158 cm³/mol. The Balaban J connectivity index is 1.46. The highest BCUT2D eigenvalue weighted by atomic mass is 16.6. The van der Waals surface area contributed by atoms with E-state index in [1.54, 1.807) is 60.7 Å². The molecule has 2 aromatic heterocycles. The summed E-state index contributed by atoms with van der Waals surface area (Å²) >= 11 is 0. The SMILES string of the molecule is O=C(Cc1ccccc1)Nc1nc2c(ncn2[C@@]2(C(=O)N(c3ccccc3)c3ccccc3)C[C@H](O)[C@@H](CO)O2)c(=O)[nH]1. The number of aromatic nitrogens is 4. The minimum Gasteiger partial charge on any atom is -0.394 e. The molecule has 0 bridgehead atoms. The van der Waals surface area contributed by atoms with Crippen molar-refractivity contribution in [2.24, 2.45) is 0 Å². The number of aliphatic hydroxyl groups is 2. The van der Waals surface area contributed by atoms with Crippen LogP contribution in [-0.2, 0) is 26.5 Å². The second-order valence-corrected chi connectivity index (χ2v) is 10.1. The summed E-state index contributed by atoms with van der Waals surface area (Å²) in [4.78, 5) is 53.2. The summed E-state index contributed by atoms with van der Waals surface area (Å²) in [5.74, 6) is -1.18. The van der Waals surface area contributed by atoms with Gasteiger partial charge in [-0.15, -0.1) is 0 Å². The quantitative estimate of drug-likeness (QED) is 0.218. The molecule has 1 aliphatic heterocycles. The van der Waals surface area contributed by atoms with E-state index in [1.165, 1.54) is 15.8 Å². The number of hydrogen-bond acceptors (Lipinski definition) is 8. The maximum absolute atomic E-state index is 14.7. The zero-order chi connectivity index (χ0) is 30.0. The lowest BCUT2D eigenvalue weighted by Gasteiger charge is -2.35. The predicted octanol–water partition coefficient (Wildman–Crippen LogP) is 2.46. The highest BCUT2D eigenvalue weighted by Crippen LogP contribution is 2.41. The first-order chi connectivity index (χ1) is 20.9. The molecular weight excluding hydrogens is 552 g/mol. The minimum atomic E-state index is -1.97. The number of ether oxygens (including phenoxy) is 1. The number of amides is 2. The first-order valence-corrected chi connectivity index (χ1v) is 13.6. The fraction of sp³-hybridized carbons (Fsp3) is 0.194. The van der Waals surface area contributed by atoms with Crippen LogP contribution in [0.2, 0.25) is 0 Å². The summed E-state index contributed by atoms with van der Waals surface area (Å²) in [6, 6.07) is 26.8. The number of H-pyrrole nitrogens is 1. The molecule has 1 saturated heterocycles. The normalized spacial score (nSPS) is 19.8. The number of nitrogens with one attached hydrogen (secondary N) is 2. The van der Waals surface area contributed by atoms with Crippen molar-refractivity contribution in [2.45, 2.75) is 30.8 Å². The van der Waals surface area contributed by atoms with Crippen LogP contribution >= 0.6 is 0 Å². The summed E-state index contributed by atoms with van der Waals surface area (Å²) in [5.41, 5.74) is -0.978. The largest absolute Gasteiger partial charge is 0.394 e. The second-order valence-electron chi connectivity index (χ2n) is 10.1. The van der Waals surface area contributed by atoms with E-state index in [2.05, 4.69) is 20.3 Å².